The quantitative estimate of drug-likeness (QED) is 0.901. The Morgan fingerprint density at radius 1 is 1.50 bits per heavy atom. The van der Waals surface area contributed by atoms with Crippen LogP contribution < -0.4 is 5.32 Å². The maximum atomic E-state index is 12.4. The van der Waals surface area contributed by atoms with Crippen LogP contribution in [0.3, 0.4) is 0 Å². The Hall–Kier alpha value is -1.92. The van der Waals surface area contributed by atoms with Crippen molar-refractivity contribution in [2.75, 3.05) is 33.4 Å². The van der Waals surface area contributed by atoms with Crippen molar-refractivity contribution in [3.63, 3.8) is 0 Å². The molecule has 1 saturated heterocycles. The molecule has 22 heavy (non-hydrogen) atoms. The van der Waals surface area contributed by atoms with E-state index in [1.807, 2.05) is 28.9 Å². The number of nitrogens with one attached hydrogen (secondary N) is 1. The van der Waals surface area contributed by atoms with Crippen molar-refractivity contribution in [2.24, 2.45) is 0 Å². The third-order valence-electron chi connectivity index (χ3n) is 4.10. The van der Waals surface area contributed by atoms with Crippen LogP contribution in [0.5, 0.6) is 0 Å². The highest BCUT2D eigenvalue weighted by Crippen LogP contribution is 2.11. The number of amides is 1. The van der Waals surface area contributed by atoms with Crippen molar-refractivity contribution in [3.8, 4) is 0 Å². The molecule has 0 aromatic carbocycles. The second-order valence-electron chi connectivity index (χ2n) is 5.72. The zero-order chi connectivity index (χ0) is 15.4. The molecule has 3 heterocycles. The van der Waals surface area contributed by atoms with Crippen LogP contribution in [0.25, 0.3) is 5.65 Å². The first kappa shape index (κ1) is 15.0. The van der Waals surface area contributed by atoms with Gasteiger partial charge in [-0.1, -0.05) is 0 Å². The summed E-state index contributed by atoms with van der Waals surface area (Å²) in [7, 11) is 1.72. The number of rotatable bonds is 5. The summed E-state index contributed by atoms with van der Waals surface area (Å²) in [5, 5.41) is 3.14. The predicted molar refractivity (Wildman–Crippen MR) is 84.0 cm³/mol. The van der Waals surface area contributed by atoms with E-state index in [2.05, 4.69) is 15.2 Å². The molecule has 1 unspecified atom stereocenters. The smallest absolute Gasteiger partial charge is 0.253 e. The molecule has 1 aliphatic heterocycles. The largest absolute Gasteiger partial charge is 0.383 e. The van der Waals surface area contributed by atoms with Crippen molar-refractivity contribution >= 4 is 11.6 Å². The summed E-state index contributed by atoms with van der Waals surface area (Å²) in [5.41, 5.74) is 1.51. The highest BCUT2D eigenvalue weighted by molar-refractivity contribution is 5.94. The van der Waals surface area contributed by atoms with E-state index in [4.69, 9.17) is 4.74 Å². The molecule has 1 aliphatic rings. The van der Waals surface area contributed by atoms with Gasteiger partial charge in [-0.05, 0) is 31.5 Å². The molecule has 1 amide bonds. The molecule has 2 aromatic rings. The Balaban J connectivity index is 1.60. The minimum Gasteiger partial charge on any atom is -0.383 e. The summed E-state index contributed by atoms with van der Waals surface area (Å²) in [6.07, 6.45) is 7.53. The van der Waals surface area contributed by atoms with Gasteiger partial charge < -0.3 is 14.5 Å². The van der Waals surface area contributed by atoms with E-state index in [-0.39, 0.29) is 11.9 Å². The second kappa shape index (κ2) is 6.89. The number of carbonyl (C=O) groups excluding carboxylic acids is 1. The molecule has 6 heteroatoms. The van der Waals surface area contributed by atoms with Crippen molar-refractivity contribution in [1.82, 2.24) is 19.6 Å². The van der Waals surface area contributed by atoms with Gasteiger partial charge in [0.15, 0.2) is 0 Å². The molecule has 6 nitrogen and oxygen atoms in total. The average molecular weight is 302 g/mol. The number of piperidine rings is 1. The highest BCUT2D eigenvalue weighted by atomic mass is 16.5. The number of methoxy groups -OCH3 is 1. The lowest BCUT2D eigenvalue weighted by molar-refractivity contribution is 0.0878. The van der Waals surface area contributed by atoms with Crippen LogP contribution in [0.15, 0.2) is 30.7 Å². The third kappa shape index (κ3) is 3.45. The van der Waals surface area contributed by atoms with Gasteiger partial charge in [0.05, 0.1) is 12.2 Å². The van der Waals surface area contributed by atoms with E-state index >= 15 is 0 Å². The van der Waals surface area contributed by atoms with Crippen molar-refractivity contribution in [2.45, 2.75) is 18.9 Å². The number of hydrogen-bond donors (Lipinski definition) is 1. The summed E-state index contributed by atoms with van der Waals surface area (Å²) in [4.78, 5) is 18.9. The zero-order valence-electron chi connectivity index (χ0n) is 12.9. The third-order valence-corrected chi connectivity index (χ3v) is 4.10. The summed E-state index contributed by atoms with van der Waals surface area (Å²) >= 11 is 0. The fourth-order valence-electron chi connectivity index (χ4n) is 2.92. The molecule has 0 saturated carbocycles. The van der Waals surface area contributed by atoms with Crippen LogP contribution in [0.1, 0.15) is 23.2 Å². The highest BCUT2D eigenvalue weighted by Gasteiger charge is 2.21. The molecule has 2 aromatic heterocycles. The van der Waals surface area contributed by atoms with E-state index in [1.54, 1.807) is 13.3 Å². The molecular weight excluding hydrogens is 280 g/mol. The fourth-order valence-corrected chi connectivity index (χ4v) is 2.92. The van der Waals surface area contributed by atoms with E-state index < -0.39 is 0 Å². The van der Waals surface area contributed by atoms with Crippen LogP contribution in [-0.2, 0) is 4.74 Å². The van der Waals surface area contributed by atoms with Gasteiger partial charge in [0.2, 0.25) is 0 Å². The molecule has 0 bridgehead atoms. The second-order valence-corrected chi connectivity index (χ2v) is 5.72. The minimum absolute atomic E-state index is 0.0193. The van der Waals surface area contributed by atoms with E-state index in [0.29, 0.717) is 5.56 Å². The van der Waals surface area contributed by atoms with Gasteiger partial charge >= 0.3 is 0 Å². The molecule has 0 radical (unpaired) electrons. The Labute approximate surface area is 130 Å². The Bertz CT molecular complexity index is 640. The lowest BCUT2D eigenvalue weighted by Gasteiger charge is -2.32. The van der Waals surface area contributed by atoms with Gasteiger partial charge in [-0.25, -0.2) is 4.98 Å². The molecule has 118 valence electrons. The number of likely N-dealkylation sites (tertiary alicyclic amines) is 1. The van der Waals surface area contributed by atoms with Gasteiger partial charge in [-0.2, -0.15) is 0 Å². The number of hydrogen-bond acceptors (Lipinski definition) is 4. The monoisotopic (exact) mass is 302 g/mol. The van der Waals surface area contributed by atoms with Crippen LogP contribution in [0.4, 0.5) is 0 Å². The Kier molecular flexibility index (Phi) is 4.70. The van der Waals surface area contributed by atoms with Crippen molar-refractivity contribution < 1.29 is 9.53 Å². The number of carbonyl (C=O) groups is 1. The van der Waals surface area contributed by atoms with E-state index in [9.17, 15) is 4.79 Å². The van der Waals surface area contributed by atoms with Gasteiger partial charge in [-0.15, -0.1) is 0 Å². The lowest BCUT2D eigenvalue weighted by atomic mass is 10.1. The molecular formula is C16H22N4O2. The van der Waals surface area contributed by atoms with Gasteiger partial charge in [0, 0.05) is 44.8 Å². The molecule has 1 N–H and O–H groups in total. The average Bonchev–Trinajstić information content (AvgIpc) is 3.00. The number of nitrogens with zero attached hydrogens (tertiary/aromatic N) is 3. The summed E-state index contributed by atoms with van der Waals surface area (Å²) in [5.74, 6) is -0.0193. The van der Waals surface area contributed by atoms with Crippen molar-refractivity contribution in [3.05, 3.63) is 36.3 Å². The van der Waals surface area contributed by atoms with Crippen LogP contribution in [-0.4, -0.2) is 59.6 Å². The number of ether oxygens (including phenoxy) is 1. The van der Waals surface area contributed by atoms with Crippen molar-refractivity contribution in [1.29, 1.82) is 0 Å². The number of aromatic nitrogens is 2. The van der Waals surface area contributed by atoms with Crippen LogP contribution >= 0.6 is 0 Å². The molecule has 1 fully saturated rings. The van der Waals surface area contributed by atoms with Gasteiger partial charge in [0.1, 0.15) is 5.65 Å². The Morgan fingerprint density at radius 2 is 2.41 bits per heavy atom. The minimum atomic E-state index is -0.0193. The number of pyridine rings is 1. The first-order chi connectivity index (χ1) is 10.8. The van der Waals surface area contributed by atoms with Crippen LogP contribution in [0.2, 0.25) is 0 Å². The molecule has 0 spiro atoms. The SMILES string of the molecule is COCCN1CCCC(NC(=O)c2ccc3nccn3c2)C1. The first-order valence-corrected chi connectivity index (χ1v) is 7.71. The zero-order valence-corrected chi connectivity index (χ0v) is 12.9. The molecule has 0 aliphatic carbocycles. The summed E-state index contributed by atoms with van der Waals surface area (Å²) < 4.78 is 6.99. The van der Waals surface area contributed by atoms with E-state index in [1.165, 1.54) is 0 Å². The normalized spacial score (nSPS) is 19.4. The van der Waals surface area contributed by atoms with Gasteiger partial charge in [-0.3, -0.25) is 9.69 Å². The predicted octanol–water partition coefficient (Wildman–Crippen LogP) is 1.17. The molecule has 1 atom stereocenters. The first-order valence-electron chi connectivity index (χ1n) is 7.71. The maximum absolute atomic E-state index is 12.4. The number of fused-ring (bicyclic) bond motifs is 1. The number of imidazole rings is 1. The summed E-state index contributed by atoms with van der Waals surface area (Å²) in [6.45, 7) is 3.63. The Morgan fingerprint density at radius 3 is 3.27 bits per heavy atom. The standard InChI is InChI=1S/C16H22N4O2/c1-22-10-9-19-7-2-3-14(12-19)18-16(21)13-4-5-15-17-6-8-20(15)11-13/h4-6,8,11,14H,2-3,7,9-10,12H2,1H3,(H,18,21). The lowest BCUT2D eigenvalue weighted by Crippen LogP contribution is -2.48. The fraction of sp³-hybridized carbons (Fsp3) is 0.500. The molecule has 3 rings (SSSR count). The topological polar surface area (TPSA) is 58.9 Å². The van der Waals surface area contributed by atoms with Crippen LogP contribution in [0, 0.1) is 0 Å². The maximum Gasteiger partial charge on any atom is 0.253 e. The summed E-state index contributed by atoms with van der Waals surface area (Å²) in [6, 6.07) is 3.89. The van der Waals surface area contributed by atoms with E-state index in [0.717, 1.165) is 44.7 Å². The van der Waals surface area contributed by atoms with Gasteiger partial charge in [0.25, 0.3) is 5.91 Å².